The second kappa shape index (κ2) is 12.2. The lowest BCUT2D eigenvalue weighted by atomic mass is 9.97. The summed E-state index contributed by atoms with van der Waals surface area (Å²) in [4.78, 5) is 15.7. The molecule has 3 aromatic carbocycles. The van der Waals surface area contributed by atoms with Crippen molar-refractivity contribution in [2.45, 2.75) is 6.54 Å². The number of hydrogen-bond donors (Lipinski definition) is 0. The highest BCUT2D eigenvalue weighted by atomic mass is 35.5. The Bertz CT molecular complexity index is 1730. The van der Waals surface area contributed by atoms with Gasteiger partial charge < -0.3 is 9.47 Å². The van der Waals surface area contributed by atoms with Gasteiger partial charge in [-0.2, -0.15) is 9.61 Å². The fourth-order valence-electron chi connectivity index (χ4n) is 4.85. The quantitative estimate of drug-likeness (QED) is 0.216. The van der Waals surface area contributed by atoms with E-state index in [0.29, 0.717) is 33.1 Å². The van der Waals surface area contributed by atoms with Gasteiger partial charge in [-0.15, -0.1) is 5.10 Å². The van der Waals surface area contributed by atoms with Crippen molar-refractivity contribution in [2.75, 3.05) is 39.5 Å². The predicted molar refractivity (Wildman–Crippen MR) is 161 cm³/mol. The average molecular weight is 611 g/mol. The second-order valence-electron chi connectivity index (χ2n) is 9.69. The normalized spacial score (nSPS) is 14.0. The van der Waals surface area contributed by atoms with Gasteiger partial charge in [-0.05, 0) is 53.1 Å². The molecule has 0 saturated carbocycles. The molecule has 1 fully saturated rings. The number of benzene rings is 3. The van der Waals surface area contributed by atoms with Gasteiger partial charge in [-0.3, -0.25) is 4.90 Å². The van der Waals surface area contributed by atoms with Crippen LogP contribution in [0.25, 0.3) is 27.9 Å². The molecule has 0 aliphatic carbocycles. The Morgan fingerprint density at radius 2 is 1.56 bits per heavy atom. The molecule has 11 heteroatoms. The first kappa shape index (κ1) is 27.8. The van der Waals surface area contributed by atoms with Gasteiger partial charge in [0.15, 0.2) is 5.65 Å². The summed E-state index contributed by atoms with van der Waals surface area (Å²) in [6.45, 7) is 4.75. The summed E-state index contributed by atoms with van der Waals surface area (Å²) in [5, 5.41) is 11.0. The van der Waals surface area contributed by atoms with Gasteiger partial charge in [0.2, 0.25) is 0 Å². The molecule has 8 nitrogen and oxygen atoms in total. The van der Waals surface area contributed by atoms with Gasteiger partial charge in [-0.1, -0.05) is 65.1 Å². The van der Waals surface area contributed by atoms with E-state index in [1.807, 2.05) is 60.7 Å². The molecule has 5 aromatic rings. The summed E-state index contributed by atoms with van der Waals surface area (Å²) in [6, 6.07) is 20.4. The number of nitrogens with zero attached hydrogens (tertiary/aromatic N) is 5. The SMILES string of the molecule is O=c1n(Cc2ccc(Cl)c(OCCN3CCOCC3)c2)nc2c(-c3ccc(Cl)cc3)c(-c3ccc(Cl)cc3)cnn12. The molecule has 210 valence electrons. The average Bonchev–Trinajstić information content (AvgIpc) is 3.30. The van der Waals surface area contributed by atoms with Crippen LogP contribution in [0.3, 0.4) is 0 Å². The minimum absolute atomic E-state index is 0.218. The van der Waals surface area contributed by atoms with Gasteiger partial charge in [0.1, 0.15) is 12.4 Å². The van der Waals surface area contributed by atoms with Crippen molar-refractivity contribution >= 4 is 40.4 Å². The van der Waals surface area contributed by atoms with Crippen LogP contribution in [0.1, 0.15) is 5.56 Å². The van der Waals surface area contributed by atoms with Crippen LogP contribution in [0.5, 0.6) is 5.75 Å². The molecular weight excluding hydrogens is 585 g/mol. The Balaban J connectivity index is 1.33. The Hall–Kier alpha value is -3.40. The standard InChI is InChI=1S/C30H26Cl3N5O3/c31-23-6-2-21(3-7-23)25-18-34-38-29(28(25)22-4-8-24(32)9-5-22)35-37(30(38)39)19-20-1-10-26(33)27(17-20)41-16-13-36-11-14-40-15-12-36/h1-10,17-18H,11-16,19H2. The number of aromatic nitrogens is 4. The van der Waals surface area contributed by atoms with E-state index in [1.54, 1.807) is 12.3 Å². The number of fused-ring (bicyclic) bond motifs is 1. The third kappa shape index (κ3) is 6.12. The molecule has 0 bridgehead atoms. The molecule has 1 aliphatic rings. The monoisotopic (exact) mass is 609 g/mol. The lowest BCUT2D eigenvalue weighted by molar-refractivity contribution is 0.0322. The maximum atomic E-state index is 13.5. The zero-order chi connectivity index (χ0) is 28.3. The van der Waals surface area contributed by atoms with E-state index in [1.165, 1.54) is 9.20 Å². The van der Waals surface area contributed by atoms with Gasteiger partial charge in [0.25, 0.3) is 0 Å². The zero-order valence-electron chi connectivity index (χ0n) is 22.0. The van der Waals surface area contributed by atoms with Crippen LogP contribution in [-0.2, 0) is 11.3 Å². The first-order valence-corrected chi connectivity index (χ1v) is 14.3. The summed E-state index contributed by atoms with van der Waals surface area (Å²) < 4.78 is 14.1. The van der Waals surface area contributed by atoms with Crippen LogP contribution in [0.4, 0.5) is 0 Å². The van der Waals surface area contributed by atoms with Crippen LogP contribution >= 0.6 is 34.8 Å². The fourth-order valence-corrected chi connectivity index (χ4v) is 5.28. The zero-order valence-corrected chi connectivity index (χ0v) is 24.2. The van der Waals surface area contributed by atoms with Crippen molar-refractivity contribution in [2.24, 2.45) is 0 Å². The summed E-state index contributed by atoms with van der Waals surface area (Å²) in [5.41, 5.74) is 4.23. The van der Waals surface area contributed by atoms with E-state index in [2.05, 4.69) is 10.00 Å². The molecule has 2 aromatic heterocycles. The van der Waals surface area contributed by atoms with Crippen LogP contribution in [-0.4, -0.2) is 63.7 Å². The fraction of sp³-hybridized carbons (Fsp3) is 0.233. The topological polar surface area (TPSA) is 73.9 Å². The Kier molecular flexibility index (Phi) is 8.27. The van der Waals surface area contributed by atoms with Crippen molar-refractivity contribution in [1.29, 1.82) is 0 Å². The number of hydrogen-bond acceptors (Lipinski definition) is 6. The third-order valence-corrected chi connectivity index (χ3v) is 7.81. The molecular formula is C30H26Cl3N5O3. The lowest BCUT2D eigenvalue weighted by Crippen LogP contribution is -2.38. The molecule has 1 saturated heterocycles. The molecule has 1 aliphatic heterocycles. The lowest BCUT2D eigenvalue weighted by Gasteiger charge is -2.26. The summed E-state index contributed by atoms with van der Waals surface area (Å²) in [7, 11) is 0. The summed E-state index contributed by atoms with van der Waals surface area (Å²) in [5.74, 6) is 0.569. The van der Waals surface area contributed by atoms with Crippen molar-refractivity contribution in [1.82, 2.24) is 24.3 Å². The third-order valence-electron chi connectivity index (χ3n) is 7.00. The van der Waals surface area contributed by atoms with Crippen LogP contribution in [0, 0.1) is 0 Å². The molecule has 0 N–H and O–H groups in total. The Labute approximate surface area is 251 Å². The molecule has 0 amide bonds. The van der Waals surface area contributed by atoms with Gasteiger partial charge in [0.05, 0.1) is 31.0 Å². The Morgan fingerprint density at radius 1 is 0.878 bits per heavy atom. The molecule has 41 heavy (non-hydrogen) atoms. The van der Waals surface area contributed by atoms with E-state index >= 15 is 0 Å². The van der Waals surface area contributed by atoms with Crippen molar-refractivity contribution in [3.8, 4) is 28.0 Å². The predicted octanol–water partition coefficient (Wildman–Crippen LogP) is 5.94. The van der Waals surface area contributed by atoms with Gasteiger partial charge in [-0.25, -0.2) is 9.48 Å². The van der Waals surface area contributed by atoms with Crippen molar-refractivity contribution in [3.05, 3.63) is 104 Å². The first-order valence-electron chi connectivity index (χ1n) is 13.2. The molecule has 6 rings (SSSR count). The van der Waals surface area contributed by atoms with E-state index in [-0.39, 0.29) is 12.2 Å². The minimum Gasteiger partial charge on any atom is -0.491 e. The highest BCUT2D eigenvalue weighted by molar-refractivity contribution is 6.32. The van der Waals surface area contributed by atoms with E-state index in [4.69, 9.17) is 49.4 Å². The number of morpholine rings is 1. The number of rotatable bonds is 8. The van der Waals surface area contributed by atoms with Crippen LogP contribution < -0.4 is 10.4 Å². The molecule has 0 atom stereocenters. The Morgan fingerprint density at radius 3 is 2.27 bits per heavy atom. The highest BCUT2D eigenvalue weighted by Gasteiger charge is 2.19. The number of halogens is 3. The first-order chi connectivity index (χ1) is 20.0. The molecule has 0 radical (unpaired) electrons. The molecule has 0 unspecified atom stereocenters. The van der Waals surface area contributed by atoms with E-state index < -0.39 is 0 Å². The van der Waals surface area contributed by atoms with E-state index in [9.17, 15) is 4.79 Å². The van der Waals surface area contributed by atoms with Gasteiger partial charge in [0, 0.05) is 40.8 Å². The van der Waals surface area contributed by atoms with E-state index in [0.717, 1.165) is 60.7 Å². The summed E-state index contributed by atoms with van der Waals surface area (Å²) in [6.07, 6.45) is 1.68. The van der Waals surface area contributed by atoms with Crippen molar-refractivity contribution in [3.63, 3.8) is 0 Å². The highest BCUT2D eigenvalue weighted by Crippen LogP contribution is 2.35. The number of ether oxygens (including phenoxy) is 2. The largest absolute Gasteiger partial charge is 0.491 e. The maximum Gasteiger partial charge on any atom is 0.367 e. The van der Waals surface area contributed by atoms with Crippen molar-refractivity contribution < 1.29 is 9.47 Å². The van der Waals surface area contributed by atoms with Crippen LogP contribution in [0.15, 0.2) is 77.7 Å². The molecule has 0 spiro atoms. The minimum atomic E-state index is -0.359. The molecule has 3 heterocycles. The maximum absolute atomic E-state index is 13.5. The smallest absolute Gasteiger partial charge is 0.367 e. The summed E-state index contributed by atoms with van der Waals surface area (Å²) >= 11 is 18.7. The van der Waals surface area contributed by atoms with Crippen LogP contribution in [0.2, 0.25) is 15.1 Å². The van der Waals surface area contributed by atoms with Gasteiger partial charge >= 0.3 is 5.69 Å². The second-order valence-corrected chi connectivity index (χ2v) is 11.0.